The van der Waals surface area contributed by atoms with E-state index in [9.17, 15) is 14.4 Å². The molecule has 6 heteroatoms. The normalized spacial score (nSPS) is 12.6. The van der Waals surface area contributed by atoms with E-state index in [-0.39, 0.29) is 31.1 Å². The zero-order valence-corrected chi connectivity index (χ0v) is 42.7. The van der Waals surface area contributed by atoms with Gasteiger partial charge in [0.15, 0.2) is 6.10 Å². The minimum absolute atomic E-state index is 0.0861. The van der Waals surface area contributed by atoms with Crippen molar-refractivity contribution < 1.29 is 28.6 Å². The van der Waals surface area contributed by atoms with Crippen LogP contribution in [0, 0.1) is 0 Å². The van der Waals surface area contributed by atoms with E-state index in [0.29, 0.717) is 19.3 Å². The first-order chi connectivity index (χ1) is 32.0. The first-order valence-corrected chi connectivity index (χ1v) is 27.4. The molecular formula is C59H102O6. The molecule has 6 nitrogen and oxygen atoms in total. The van der Waals surface area contributed by atoms with Crippen LogP contribution < -0.4 is 0 Å². The van der Waals surface area contributed by atoms with Gasteiger partial charge in [-0.2, -0.15) is 0 Å². The van der Waals surface area contributed by atoms with Gasteiger partial charge in [-0.1, -0.05) is 229 Å². The predicted octanol–water partition coefficient (Wildman–Crippen LogP) is 18.2. The molecule has 0 rings (SSSR count). The molecule has 1 atom stereocenters. The summed E-state index contributed by atoms with van der Waals surface area (Å²) in [6.45, 7) is 6.49. The molecule has 0 aromatic rings. The van der Waals surface area contributed by atoms with Crippen molar-refractivity contribution >= 4 is 17.9 Å². The topological polar surface area (TPSA) is 78.9 Å². The smallest absolute Gasteiger partial charge is 0.306 e. The Labute approximate surface area is 402 Å². The van der Waals surface area contributed by atoms with Crippen LogP contribution in [0.25, 0.3) is 0 Å². The van der Waals surface area contributed by atoms with Crippen molar-refractivity contribution in [3.63, 3.8) is 0 Å². The van der Waals surface area contributed by atoms with Crippen LogP contribution in [0.5, 0.6) is 0 Å². The molecule has 0 spiro atoms. The molecule has 0 fully saturated rings. The average molecular weight is 907 g/mol. The van der Waals surface area contributed by atoms with E-state index in [1.807, 2.05) is 0 Å². The minimum Gasteiger partial charge on any atom is -0.462 e. The number of carbonyl (C=O) groups excluding carboxylic acids is 3. The monoisotopic (exact) mass is 907 g/mol. The van der Waals surface area contributed by atoms with E-state index in [0.717, 1.165) is 96.3 Å². The van der Waals surface area contributed by atoms with Crippen molar-refractivity contribution in [1.29, 1.82) is 0 Å². The summed E-state index contributed by atoms with van der Waals surface area (Å²) in [5.41, 5.74) is 0. The Kier molecular flexibility index (Phi) is 50.9. The fourth-order valence-electron chi connectivity index (χ4n) is 7.58. The molecule has 0 saturated carbocycles. The van der Waals surface area contributed by atoms with E-state index in [2.05, 4.69) is 93.7 Å². The summed E-state index contributed by atoms with van der Waals surface area (Å²) < 4.78 is 16.8. The molecule has 0 aliphatic rings. The van der Waals surface area contributed by atoms with Gasteiger partial charge >= 0.3 is 17.9 Å². The maximum Gasteiger partial charge on any atom is 0.306 e. The zero-order valence-electron chi connectivity index (χ0n) is 42.7. The maximum absolute atomic E-state index is 12.8. The Morgan fingerprint density at radius 3 is 0.969 bits per heavy atom. The molecule has 0 aliphatic heterocycles. The Morgan fingerprint density at radius 2 is 0.600 bits per heavy atom. The highest BCUT2D eigenvalue weighted by atomic mass is 16.6. The number of rotatable bonds is 49. The van der Waals surface area contributed by atoms with Gasteiger partial charge in [-0.3, -0.25) is 14.4 Å². The highest BCUT2D eigenvalue weighted by Gasteiger charge is 2.19. The Hall–Kier alpha value is -3.15. The fraction of sp³-hybridized carbons (Fsp3) is 0.746. The molecule has 0 N–H and O–H groups in total. The standard InChI is InChI=1S/C59H102O6/c1-4-7-10-13-16-19-22-24-26-28-30-32-33-35-37-40-43-46-49-52-58(61)64-55-56(54-63-57(60)51-48-45-42-39-21-18-15-12-9-6-3)65-59(62)53-50-47-44-41-38-36-34-31-29-27-25-23-20-17-14-11-8-5-2/h7,10,16,19,24,26-27,29-30,32,35,37,56H,4-6,8-9,11-15,17-18,20-23,25,28,31,33-34,36,38-55H2,1-3H3/b10-7-,19-16-,26-24-,29-27-,32-30-,37-35-. The SMILES string of the molecule is CC/C=C\C/C=C\C/C=C\C/C=C\C/C=C\CCCCCC(=O)OCC(COC(=O)CCCCCCCCCCCC)OC(=O)CCCCCCCCC/C=C\CCCCCCCCC. The van der Waals surface area contributed by atoms with Crippen LogP contribution in [0.1, 0.15) is 265 Å². The van der Waals surface area contributed by atoms with Crippen LogP contribution >= 0.6 is 0 Å². The maximum atomic E-state index is 12.8. The van der Waals surface area contributed by atoms with Gasteiger partial charge in [0, 0.05) is 19.3 Å². The number of hydrogen-bond donors (Lipinski definition) is 0. The molecule has 0 radical (unpaired) electrons. The van der Waals surface area contributed by atoms with Crippen LogP contribution in [0.4, 0.5) is 0 Å². The Balaban J connectivity index is 4.39. The Morgan fingerprint density at radius 1 is 0.323 bits per heavy atom. The lowest BCUT2D eigenvalue weighted by Gasteiger charge is -2.18. The number of carbonyl (C=O) groups is 3. The van der Waals surface area contributed by atoms with Crippen LogP contribution in [-0.4, -0.2) is 37.2 Å². The van der Waals surface area contributed by atoms with Gasteiger partial charge in [-0.05, 0) is 89.9 Å². The van der Waals surface area contributed by atoms with Crippen molar-refractivity contribution in [2.24, 2.45) is 0 Å². The molecule has 0 aromatic carbocycles. The second-order valence-electron chi connectivity index (χ2n) is 18.1. The molecule has 1 unspecified atom stereocenters. The fourth-order valence-corrected chi connectivity index (χ4v) is 7.58. The average Bonchev–Trinajstić information content (AvgIpc) is 3.30. The number of unbranched alkanes of at least 4 members (excludes halogenated alkanes) is 26. The van der Waals surface area contributed by atoms with Gasteiger partial charge in [-0.25, -0.2) is 0 Å². The van der Waals surface area contributed by atoms with E-state index >= 15 is 0 Å². The zero-order chi connectivity index (χ0) is 47.2. The second-order valence-corrected chi connectivity index (χ2v) is 18.1. The third-order valence-corrected chi connectivity index (χ3v) is 11.7. The van der Waals surface area contributed by atoms with Crippen LogP contribution in [0.15, 0.2) is 72.9 Å². The molecule has 374 valence electrons. The number of esters is 3. The molecule has 0 bridgehead atoms. The number of hydrogen-bond acceptors (Lipinski definition) is 6. The summed E-state index contributed by atoms with van der Waals surface area (Å²) in [6.07, 6.45) is 67.5. The van der Waals surface area contributed by atoms with Crippen molar-refractivity contribution in [1.82, 2.24) is 0 Å². The summed E-state index contributed by atoms with van der Waals surface area (Å²) in [5, 5.41) is 0. The Bertz CT molecular complexity index is 1230. The van der Waals surface area contributed by atoms with Gasteiger partial charge in [0.1, 0.15) is 13.2 Å². The third-order valence-electron chi connectivity index (χ3n) is 11.7. The summed E-state index contributed by atoms with van der Waals surface area (Å²) in [4.78, 5) is 38.0. The molecular weight excluding hydrogens is 805 g/mol. The molecule has 0 aromatic heterocycles. The lowest BCUT2D eigenvalue weighted by molar-refractivity contribution is -0.167. The van der Waals surface area contributed by atoms with E-state index < -0.39 is 6.10 Å². The summed E-state index contributed by atoms with van der Waals surface area (Å²) >= 11 is 0. The van der Waals surface area contributed by atoms with Gasteiger partial charge in [0.05, 0.1) is 0 Å². The van der Waals surface area contributed by atoms with Gasteiger partial charge < -0.3 is 14.2 Å². The van der Waals surface area contributed by atoms with Crippen molar-refractivity contribution in [2.75, 3.05) is 13.2 Å². The van der Waals surface area contributed by atoms with Crippen molar-refractivity contribution in [2.45, 2.75) is 271 Å². The molecule has 0 amide bonds. The third kappa shape index (κ3) is 51.7. The van der Waals surface area contributed by atoms with E-state index in [1.165, 1.54) is 128 Å². The second kappa shape index (κ2) is 53.5. The summed E-state index contributed by atoms with van der Waals surface area (Å²) in [6, 6.07) is 0. The van der Waals surface area contributed by atoms with Crippen LogP contribution in [0.2, 0.25) is 0 Å². The number of allylic oxidation sites excluding steroid dienone is 12. The highest BCUT2D eigenvalue weighted by molar-refractivity contribution is 5.71. The summed E-state index contributed by atoms with van der Waals surface area (Å²) in [5.74, 6) is -0.920. The van der Waals surface area contributed by atoms with Gasteiger partial charge in [0.25, 0.3) is 0 Å². The molecule has 0 saturated heterocycles. The molecule has 65 heavy (non-hydrogen) atoms. The van der Waals surface area contributed by atoms with Crippen LogP contribution in [-0.2, 0) is 28.6 Å². The predicted molar refractivity (Wildman–Crippen MR) is 279 cm³/mol. The van der Waals surface area contributed by atoms with Crippen LogP contribution in [0.3, 0.4) is 0 Å². The van der Waals surface area contributed by atoms with E-state index in [1.54, 1.807) is 0 Å². The van der Waals surface area contributed by atoms with E-state index in [4.69, 9.17) is 14.2 Å². The highest BCUT2D eigenvalue weighted by Crippen LogP contribution is 2.15. The summed E-state index contributed by atoms with van der Waals surface area (Å²) in [7, 11) is 0. The number of ether oxygens (including phenoxy) is 3. The molecule has 0 aliphatic carbocycles. The first-order valence-electron chi connectivity index (χ1n) is 27.4. The van der Waals surface area contributed by atoms with Gasteiger partial charge in [-0.15, -0.1) is 0 Å². The van der Waals surface area contributed by atoms with Crippen molar-refractivity contribution in [3.05, 3.63) is 72.9 Å². The quantitative estimate of drug-likeness (QED) is 0.0262. The lowest BCUT2D eigenvalue weighted by Crippen LogP contribution is -2.30. The lowest BCUT2D eigenvalue weighted by atomic mass is 10.1. The minimum atomic E-state index is -0.789. The van der Waals surface area contributed by atoms with Gasteiger partial charge in [0.2, 0.25) is 0 Å². The molecule has 0 heterocycles. The largest absolute Gasteiger partial charge is 0.462 e. The van der Waals surface area contributed by atoms with Crippen molar-refractivity contribution in [3.8, 4) is 0 Å². The first kappa shape index (κ1) is 61.9.